The predicted octanol–water partition coefficient (Wildman–Crippen LogP) is 4.50. The fraction of sp³-hybridized carbons (Fsp3) is 0.188. The van der Waals surface area contributed by atoms with Crippen molar-refractivity contribution in [3.05, 3.63) is 63.1 Å². The van der Waals surface area contributed by atoms with E-state index in [9.17, 15) is 5.11 Å². The molecule has 2 rings (SSSR count). The van der Waals surface area contributed by atoms with Crippen molar-refractivity contribution in [2.75, 3.05) is 0 Å². The lowest BCUT2D eigenvalue weighted by molar-refractivity contribution is 0.199. The first-order valence-electron chi connectivity index (χ1n) is 6.30. The third-order valence-electron chi connectivity index (χ3n) is 3.00. The van der Waals surface area contributed by atoms with Gasteiger partial charge in [-0.2, -0.15) is 5.26 Å². The van der Waals surface area contributed by atoms with Crippen LogP contribution in [-0.4, -0.2) is 5.11 Å². The van der Waals surface area contributed by atoms with E-state index in [0.717, 1.165) is 11.1 Å². The van der Waals surface area contributed by atoms with Gasteiger partial charge in [0, 0.05) is 10.6 Å². The van der Waals surface area contributed by atoms with Gasteiger partial charge in [-0.1, -0.05) is 35.3 Å². The van der Waals surface area contributed by atoms with Crippen LogP contribution in [0.4, 0.5) is 0 Å². The zero-order chi connectivity index (χ0) is 15.4. The van der Waals surface area contributed by atoms with Gasteiger partial charge >= 0.3 is 0 Å². The molecule has 0 amide bonds. The van der Waals surface area contributed by atoms with Crippen LogP contribution in [0.15, 0.2) is 36.4 Å². The molecule has 1 N–H and O–H groups in total. The van der Waals surface area contributed by atoms with Gasteiger partial charge in [0.15, 0.2) is 0 Å². The number of rotatable bonds is 4. The van der Waals surface area contributed by atoms with Gasteiger partial charge in [0.05, 0.1) is 22.8 Å². The highest BCUT2D eigenvalue weighted by atomic mass is 35.5. The lowest BCUT2D eigenvalue weighted by atomic mass is 10.1. The molecule has 0 aliphatic heterocycles. The molecule has 0 radical (unpaired) electrons. The zero-order valence-corrected chi connectivity index (χ0v) is 12.8. The number of aliphatic hydroxyl groups is 1. The Hall–Kier alpha value is -1.73. The maximum atomic E-state index is 9.49. The lowest BCUT2D eigenvalue weighted by Gasteiger charge is -2.11. The molecule has 0 aromatic heterocycles. The SMILES string of the molecule is CC(O)c1ccc(OCc2ccc(C#N)cc2Cl)c(Cl)c1. The van der Waals surface area contributed by atoms with E-state index in [-0.39, 0.29) is 6.61 Å². The summed E-state index contributed by atoms with van der Waals surface area (Å²) < 4.78 is 5.63. The van der Waals surface area contributed by atoms with Gasteiger partial charge in [-0.25, -0.2) is 0 Å². The smallest absolute Gasteiger partial charge is 0.138 e. The second-order valence-electron chi connectivity index (χ2n) is 4.57. The molecule has 0 heterocycles. The molecule has 0 saturated carbocycles. The number of hydrogen-bond donors (Lipinski definition) is 1. The maximum Gasteiger partial charge on any atom is 0.138 e. The van der Waals surface area contributed by atoms with Crippen molar-refractivity contribution in [2.24, 2.45) is 0 Å². The summed E-state index contributed by atoms with van der Waals surface area (Å²) in [6.45, 7) is 1.92. The molecule has 21 heavy (non-hydrogen) atoms. The Kier molecular flexibility index (Phi) is 5.08. The summed E-state index contributed by atoms with van der Waals surface area (Å²) in [4.78, 5) is 0. The minimum Gasteiger partial charge on any atom is -0.487 e. The molecule has 0 bridgehead atoms. The maximum absolute atomic E-state index is 9.49. The highest BCUT2D eigenvalue weighted by Crippen LogP contribution is 2.29. The number of aliphatic hydroxyl groups excluding tert-OH is 1. The van der Waals surface area contributed by atoms with Gasteiger partial charge in [0.25, 0.3) is 0 Å². The molecular formula is C16H13Cl2NO2. The van der Waals surface area contributed by atoms with Crippen LogP contribution in [0.1, 0.15) is 29.7 Å². The minimum absolute atomic E-state index is 0.248. The van der Waals surface area contributed by atoms with E-state index >= 15 is 0 Å². The molecule has 1 unspecified atom stereocenters. The second-order valence-corrected chi connectivity index (χ2v) is 5.39. The Morgan fingerprint density at radius 1 is 1.19 bits per heavy atom. The number of hydrogen-bond acceptors (Lipinski definition) is 3. The third kappa shape index (κ3) is 3.89. The van der Waals surface area contributed by atoms with Crippen LogP contribution >= 0.6 is 23.2 Å². The summed E-state index contributed by atoms with van der Waals surface area (Å²) in [7, 11) is 0. The topological polar surface area (TPSA) is 53.2 Å². The van der Waals surface area contributed by atoms with E-state index in [2.05, 4.69) is 0 Å². The van der Waals surface area contributed by atoms with Crippen LogP contribution in [0.25, 0.3) is 0 Å². The molecule has 2 aromatic rings. The normalized spacial score (nSPS) is 11.8. The van der Waals surface area contributed by atoms with E-state index in [1.165, 1.54) is 0 Å². The molecule has 0 fully saturated rings. The Bertz CT molecular complexity index is 693. The molecule has 5 heteroatoms. The molecular weight excluding hydrogens is 309 g/mol. The van der Waals surface area contributed by atoms with Gasteiger partial charge in [-0.05, 0) is 36.8 Å². The van der Waals surface area contributed by atoms with Crippen molar-refractivity contribution in [3.63, 3.8) is 0 Å². The third-order valence-corrected chi connectivity index (χ3v) is 3.65. The Balaban J connectivity index is 2.12. The molecule has 2 aromatic carbocycles. The van der Waals surface area contributed by atoms with Crippen LogP contribution in [0.5, 0.6) is 5.75 Å². The average molecular weight is 322 g/mol. The van der Waals surface area contributed by atoms with Crippen LogP contribution < -0.4 is 4.74 Å². The van der Waals surface area contributed by atoms with Gasteiger partial charge in [0.1, 0.15) is 12.4 Å². The predicted molar refractivity (Wildman–Crippen MR) is 82.6 cm³/mol. The van der Waals surface area contributed by atoms with Crippen molar-refractivity contribution < 1.29 is 9.84 Å². The number of benzene rings is 2. The molecule has 0 aliphatic carbocycles. The van der Waals surface area contributed by atoms with Gasteiger partial charge < -0.3 is 9.84 Å². The number of halogens is 2. The van der Waals surface area contributed by atoms with E-state index in [1.54, 1.807) is 43.3 Å². The average Bonchev–Trinajstić information content (AvgIpc) is 2.46. The quantitative estimate of drug-likeness (QED) is 0.902. The van der Waals surface area contributed by atoms with E-state index in [0.29, 0.717) is 21.4 Å². The Morgan fingerprint density at radius 3 is 2.52 bits per heavy atom. The van der Waals surface area contributed by atoms with Crippen molar-refractivity contribution in [3.8, 4) is 11.8 Å². The first-order valence-corrected chi connectivity index (χ1v) is 7.05. The zero-order valence-electron chi connectivity index (χ0n) is 11.3. The molecule has 0 spiro atoms. The van der Waals surface area contributed by atoms with Crippen molar-refractivity contribution in [1.82, 2.24) is 0 Å². The van der Waals surface area contributed by atoms with Gasteiger partial charge in [0.2, 0.25) is 0 Å². The lowest BCUT2D eigenvalue weighted by Crippen LogP contribution is -1.98. The largest absolute Gasteiger partial charge is 0.487 e. The fourth-order valence-electron chi connectivity index (χ4n) is 1.78. The van der Waals surface area contributed by atoms with Gasteiger partial charge in [-0.3, -0.25) is 0 Å². The summed E-state index contributed by atoms with van der Waals surface area (Å²) in [5.74, 6) is 0.515. The van der Waals surface area contributed by atoms with Crippen molar-refractivity contribution in [2.45, 2.75) is 19.6 Å². The monoisotopic (exact) mass is 321 g/mol. The Morgan fingerprint density at radius 2 is 1.95 bits per heavy atom. The number of nitrogens with zero attached hydrogens (tertiary/aromatic N) is 1. The van der Waals surface area contributed by atoms with Crippen LogP contribution in [0.2, 0.25) is 10.0 Å². The molecule has 1 atom stereocenters. The number of nitriles is 1. The summed E-state index contributed by atoms with van der Waals surface area (Å²) in [6, 6.07) is 12.2. The summed E-state index contributed by atoms with van der Waals surface area (Å²) >= 11 is 12.2. The first-order chi connectivity index (χ1) is 10.0. The fourth-order valence-corrected chi connectivity index (χ4v) is 2.26. The highest BCUT2D eigenvalue weighted by Gasteiger charge is 2.08. The Labute approximate surface area is 133 Å². The minimum atomic E-state index is -0.579. The van der Waals surface area contributed by atoms with E-state index in [1.807, 2.05) is 6.07 Å². The highest BCUT2D eigenvalue weighted by molar-refractivity contribution is 6.32. The van der Waals surface area contributed by atoms with Crippen molar-refractivity contribution >= 4 is 23.2 Å². The molecule has 108 valence electrons. The molecule has 3 nitrogen and oxygen atoms in total. The summed E-state index contributed by atoms with van der Waals surface area (Å²) in [5, 5.41) is 19.2. The molecule has 0 saturated heterocycles. The van der Waals surface area contributed by atoms with Gasteiger partial charge in [-0.15, -0.1) is 0 Å². The van der Waals surface area contributed by atoms with Crippen molar-refractivity contribution in [1.29, 1.82) is 5.26 Å². The summed E-state index contributed by atoms with van der Waals surface area (Å²) in [5.41, 5.74) is 2.00. The van der Waals surface area contributed by atoms with E-state index < -0.39 is 6.10 Å². The van der Waals surface area contributed by atoms with Crippen LogP contribution in [0, 0.1) is 11.3 Å². The van der Waals surface area contributed by atoms with E-state index in [4.69, 9.17) is 33.2 Å². The molecule has 0 aliphatic rings. The van der Waals surface area contributed by atoms with Crippen LogP contribution in [-0.2, 0) is 6.61 Å². The second kappa shape index (κ2) is 6.82. The number of ether oxygens (including phenoxy) is 1. The van der Waals surface area contributed by atoms with Crippen LogP contribution in [0.3, 0.4) is 0 Å². The summed E-state index contributed by atoms with van der Waals surface area (Å²) in [6.07, 6.45) is -0.579. The first kappa shape index (κ1) is 15.7. The standard InChI is InChI=1S/C16H13Cl2NO2/c1-10(20)12-4-5-16(15(18)7-12)21-9-13-3-2-11(8-19)6-14(13)17/h2-7,10,20H,9H2,1H3.